The molecule has 114 valence electrons. The van der Waals surface area contributed by atoms with Gasteiger partial charge in [-0.2, -0.15) is 0 Å². The highest BCUT2D eigenvalue weighted by molar-refractivity contribution is 5.81. The van der Waals surface area contributed by atoms with E-state index >= 15 is 0 Å². The molecule has 1 aromatic rings. The maximum Gasteiger partial charge on any atom is 0.306 e. The van der Waals surface area contributed by atoms with E-state index in [1.165, 1.54) is 0 Å². The number of carbonyl (C=O) groups is 2. The Hall–Kier alpha value is -2.04. The van der Waals surface area contributed by atoms with Crippen LogP contribution >= 0.6 is 0 Å². The van der Waals surface area contributed by atoms with E-state index in [2.05, 4.69) is 5.32 Å². The molecule has 0 bridgehead atoms. The van der Waals surface area contributed by atoms with Crippen molar-refractivity contribution in [2.24, 2.45) is 5.92 Å². The lowest BCUT2D eigenvalue weighted by Crippen LogP contribution is -2.41. The van der Waals surface area contributed by atoms with Gasteiger partial charge in [0.05, 0.1) is 5.92 Å². The summed E-state index contributed by atoms with van der Waals surface area (Å²) < 4.78 is 5.61. The first-order valence-electron chi connectivity index (χ1n) is 7.22. The number of ether oxygens (including phenoxy) is 1. The highest BCUT2D eigenvalue weighted by atomic mass is 16.5. The van der Waals surface area contributed by atoms with E-state index in [9.17, 15) is 9.59 Å². The molecule has 1 fully saturated rings. The first-order valence-corrected chi connectivity index (χ1v) is 7.22. The molecular formula is C16H21NO4. The number of carboxylic acid groups (broad SMARTS) is 1. The first-order chi connectivity index (χ1) is 9.95. The molecule has 1 aliphatic rings. The molecule has 1 amide bonds. The number of rotatable bonds is 5. The molecule has 0 heterocycles. The fraction of sp³-hybridized carbons (Fsp3) is 0.500. The maximum atomic E-state index is 12.1. The summed E-state index contributed by atoms with van der Waals surface area (Å²) >= 11 is 0. The lowest BCUT2D eigenvalue weighted by atomic mass is 10.1. The number of nitrogens with one attached hydrogen (secondary N) is 1. The minimum Gasteiger partial charge on any atom is -0.481 e. The van der Waals surface area contributed by atoms with Crippen LogP contribution in [0.15, 0.2) is 24.3 Å². The second-order valence-electron chi connectivity index (χ2n) is 5.63. The summed E-state index contributed by atoms with van der Waals surface area (Å²) in [4.78, 5) is 23.0. The van der Waals surface area contributed by atoms with Crippen molar-refractivity contribution in [1.29, 1.82) is 0 Å². The number of amides is 1. The molecule has 1 aromatic carbocycles. The summed E-state index contributed by atoms with van der Waals surface area (Å²) in [6.07, 6.45) is 1.22. The van der Waals surface area contributed by atoms with Crippen LogP contribution in [0, 0.1) is 12.8 Å². The molecule has 1 saturated carbocycles. The van der Waals surface area contributed by atoms with Gasteiger partial charge >= 0.3 is 5.97 Å². The Balaban J connectivity index is 1.84. The van der Waals surface area contributed by atoms with Gasteiger partial charge in [-0.1, -0.05) is 12.1 Å². The van der Waals surface area contributed by atoms with E-state index in [4.69, 9.17) is 9.84 Å². The van der Waals surface area contributed by atoms with Gasteiger partial charge < -0.3 is 15.2 Å². The SMILES string of the molecule is Cc1cccc(OC(C)C(=O)NC2CCC(C(=O)O)C2)c1. The van der Waals surface area contributed by atoms with E-state index in [0.29, 0.717) is 25.0 Å². The van der Waals surface area contributed by atoms with Crippen LogP contribution < -0.4 is 10.1 Å². The highest BCUT2D eigenvalue weighted by Crippen LogP contribution is 2.25. The minimum absolute atomic E-state index is 0.0674. The molecule has 1 aliphatic carbocycles. The van der Waals surface area contributed by atoms with Gasteiger partial charge in [-0.15, -0.1) is 0 Å². The zero-order valence-electron chi connectivity index (χ0n) is 12.3. The normalized spacial score (nSPS) is 22.6. The fourth-order valence-corrected chi connectivity index (χ4v) is 2.60. The van der Waals surface area contributed by atoms with Crippen molar-refractivity contribution in [2.75, 3.05) is 0 Å². The molecule has 0 radical (unpaired) electrons. The average Bonchev–Trinajstić information content (AvgIpc) is 2.87. The van der Waals surface area contributed by atoms with Crippen molar-refractivity contribution >= 4 is 11.9 Å². The first kappa shape index (κ1) is 15.4. The molecule has 2 rings (SSSR count). The zero-order valence-corrected chi connectivity index (χ0v) is 12.3. The second kappa shape index (κ2) is 6.61. The number of hydrogen-bond donors (Lipinski definition) is 2. The molecular weight excluding hydrogens is 270 g/mol. The van der Waals surface area contributed by atoms with Gasteiger partial charge in [0.2, 0.25) is 0 Å². The Labute approximate surface area is 124 Å². The topological polar surface area (TPSA) is 75.6 Å². The van der Waals surface area contributed by atoms with Gasteiger partial charge in [0.15, 0.2) is 6.10 Å². The predicted molar refractivity (Wildman–Crippen MR) is 78.2 cm³/mol. The van der Waals surface area contributed by atoms with E-state index in [1.807, 2.05) is 31.2 Å². The third-order valence-electron chi connectivity index (χ3n) is 3.80. The lowest BCUT2D eigenvalue weighted by Gasteiger charge is -2.18. The molecule has 0 spiro atoms. The Bertz CT molecular complexity index is 529. The van der Waals surface area contributed by atoms with Crippen molar-refractivity contribution in [2.45, 2.75) is 45.3 Å². The summed E-state index contributed by atoms with van der Waals surface area (Å²) in [7, 11) is 0. The third-order valence-corrected chi connectivity index (χ3v) is 3.80. The van der Waals surface area contributed by atoms with E-state index in [0.717, 1.165) is 5.56 Å². The minimum atomic E-state index is -0.782. The van der Waals surface area contributed by atoms with Crippen LogP contribution in [0.25, 0.3) is 0 Å². The van der Waals surface area contributed by atoms with Crippen molar-refractivity contribution in [1.82, 2.24) is 5.32 Å². The number of aliphatic carboxylic acids is 1. The number of carboxylic acids is 1. The monoisotopic (exact) mass is 291 g/mol. The van der Waals surface area contributed by atoms with Crippen LogP contribution in [0.4, 0.5) is 0 Å². The van der Waals surface area contributed by atoms with Gasteiger partial charge in [-0.05, 0) is 50.8 Å². The largest absolute Gasteiger partial charge is 0.481 e. The number of aryl methyl sites for hydroxylation is 1. The average molecular weight is 291 g/mol. The summed E-state index contributed by atoms with van der Waals surface area (Å²) in [5.41, 5.74) is 1.07. The van der Waals surface area contributed by atoms with Crippen molar-refractivity contribution < 1.29 is 19.4 Å². The van der Waals surface area contributed by atoms with Crippen LogP contribution in [-0.4, -0.2) is 29.1 Å². The van der Waals surface area contributed by atoms with Crippen molar-refractivity contribution in [3.05, 3.63) is 29.8 Å². The molecule has 5 nitrogen and oxygen atoms in total. The Morgan fingerprint density at radius 3 is 2.76 bits per heavy atom. The highest BCUT2D eigenvalue weighted by Gasteiger charge is 2.31. The molecule has 0 aliphatic heterocycles. The molecule has 3 unspecified atom stereocenters. The molecule has 3 atom stereocenters. The summed E-state index contributed by atoms with van der Waals surface area (Å²) in [6.45, 7) is 3.66. The Morgan fingerprint density at radius 1 is 1.38 bits per heavy atom. The van der Waals surface area contributed by atoms with E-state index in [-0.39, 0.29) is 17.9 Å². The van der Waals surface area contributed by atoms with E-state index < -0.39 is 12.1 Å². The number of hydrogen-bond acceptors (Lipinski definition) is 3. The summed E-state index contributed by atoms with van der Waals surface area (Å²) in [5.74, 6) is -0.667. The smallest absolute Gasteiger partial charge is 0.306 e. The fourth-order valence-electron chi connectivity index (χ4n) is 2.60. The standard InChI is InChI=1S/C16H21NO4/c1-10-4-3-5-14(8-10)21-11(2)15(18)17-13-7-6-12(9-13)16(19)20/h3-5,8,11-13H,6-7,9H2,1-2H3,(H,17,18)(H,19,20). The van der Waals surface area contributed by atoms with Crippen LogP contribution in [0.3, 0.4) is 0 Å². The van der Waals surface area contributed by atoms with Gasteiger partial charge in [0.25, 0.3) is 5.91 Å². The third kappa shape index (κ3) is 4.21. The van der Waals surface area contributed by atoms with Crippen LogP contribution in [0.5, 0.6) is 5.75 Å². The van der Waals surface area contributed by atoms with Gasteiger partial charge in [0, 0.05) is 6.04 Å². The Kier molecular flexibility index (Phi) is 4.83. The van der Waals surface area contributed by atoms with Gasteiger partial charge in [-0.3, -0.25) is 9.59 Å². The lowest BCUT2D eigenvalue weighted by molar-refractivity contribution is -0.141. The quantitative estimate of drug-likeness (QED) is 0.871. The summed E-state index contributed by atoms with van der Waals surface area (Å²) in [6, 6.07) is 7.46. The molecule has 2 N–H and O–H groups in total. The van der Waals surface area contributed by atoms with E-state index in [1.54, 1.807) is 6.92 Å². The zero-order chi connectivity index (χ0) is 15.4. The second-order valence-corrected chi connectivity index (χ2v) is 5.63. The van der Waals surface area contributed by atoms with Gasteiger partial charge in [0.1, 0.15) is 5.75 Å². The molecule has 0 saturated heterocycles. The molecule has 0 aromatic heterocycles. The Morgan fingerprint density at radius 2 is 2.14 bits per heavy atom. The number of carbonyl (C=O) groups excluding carboxylic acids is 1. The van der Waals surface area contributed by atoms with Crippen LogP contribution in [-0.2, 0) is 9.59 Å². The van der Waals surface area contributed by atoms with Crippen molar-refractivity contribution in [3.8, 4) is 5.75 Å². The number of benzene rings is 1. The van der Waals surface area contributed by atoms with Crippen LogP contribution in [0.2, 0.25) is 0 Å². The molecule has 5 heteroatoms. The maximum absolute atomic E-state index is 12.1. The summed E-state index contributed by atoms with van der Waals surface area (Å²) in [5, 5.41) is 11.8. The van der Waals surface area contributed by atoms with Gasteiger partial charge in [-0.25, -0.2) is 0 Å². The van der Waals surface area contributed by atoms with Crippen LogP contribution in [0.1, 0.15) is 31.7 Å². The predicted octanol–water partition coefficient (Wildman–Crippen LogP) is 2.13. The van der Waals surface area contributed by atoms with Crippen molar-refractivity contribution in [3.63, 3.8) is 0 Å². The molecule has 21 heavy (non-hydrogen) atoms.